The molecule has 7 heteroatoms. The van der Waals surface area contributed by atoms with E-state index in [4.69, 9.17) is 4.74 Å². The van der Waals surface area contributed by atoms with Crippen molar-refractivity contribution in [3.63, 3.8) is 0 Å². The largest absolute Gasteiger partial charge is 0.385 e. The molecule has 0 aliphatic carbocycles. The number of amides is 1. The Bertz CT molecular complexity index is 1450. The standard InChI is InChI=1S/C29H31N3O4/c1-3-21-9-11-22(12-10-21)19-31-26-8-5-4-7-25(26)28(34)32(29(31)35)20-23-13-15-24(16-14-23)27(33)30-17-6-18-36-2/h4-5,7-16H,3,6,17-20H2,1-2H3,(H,30,33). The summed E-state index contributed by atoms with van der Waals surface area (Å²) in [5.41, 5.74) is 3.43. The maximum absolute atomic E-state index is 13.5. The van der Waals surface area contributed by atoms with E-state index in [9.17, 15) is 14.4 Å². The molecule has 0 aliphatic heterocycles. The molecular weight excluding hydrogens is 454 g/mol. The second kappa shape index (κ2) is 11.6. The number of rotatable bonds is 10. The third-order valence-corrected chi connectivity index (χ3v) is 6.27. The molecule has 0 atom stereocenters. The van der Waals surface area contributed by atoms with E-state index in [2.05, 4.69) is 24.4 Å². The first-order valence-electron chi connectivity index (χ1n) is 12.2. The van der Waals surface area contributed by atoms with Crippen molar-refractivity contribution in [2.24, 2.45) is 0 Å². The van der Waals surface area contributed by atoms with Crippen LogP contribution in [-0.2, 0) is 24.2 Å². The van der Waals surface area contributed by atoms with E-state index >= 15 is 0 Å². The Morgan fingerprint density at radius 1 is 0.833 bits per heavy atom. The molecule has 36 heavy (non-hydrogen) atoms. The number of para-hydroxylation sites is 1. The van der Waals surface area contributed by atoms with Crippen molar-refractivity contribution < 1.29 is 9.53 Å². The van der Waals surface area contributed by atoms with Crippen molar-refractivity contribution >= 4 is 16.8 Å². The van der Waals surface area contributed by atoms with Gasteiger partial charge in [-0.2, -0.15) is 0 Å². The Balaban J connectivity index is 1.62. The molecule has 0 radical (unpaired) electrons. The number of nitrogens with one attached hydrogen (secondary N) is 1. The zero-order valence-corrected chi connectivity index (χ0v) is 20.7. The van der Waals surface area contributed by atoms with Crippen LogP contribution in [-0.4, -0.2) is 35.3 Å². The number of methoxy groups -OCH3 is 1. The summed E-state index contributed by atoms with van der Waals surface area (Å²) in [6, 6.07) is 22.3. The fourth-order valence-corrected chi connectivity index (χ4v) is 4.19. The van der Waals surface area contributed by atoms with Gasteiger partial charge in [-0.3, -0.25) is 18.7 Å². The first kappa shape index (κ1) is 25.1. The number of hydrogen-bond donors (Lipinski definition) is 1. The first-order chi connectivity index (χ1) is 17.5. The zero-order valence-electron chi connectivity index (χ0n) is 20.7. The van der Waals surface area contributed by atoms with Gasteiger partial charge in [0.25, 0.3) is 11.5 Å². The number of aryl methyl sites for hydroxylation is 1. The van der Waals surface area contributed by atoms with Gasteiger partial charge in [0.1, 0.15) is 0 Å². The Morgan fingerprint density at radius 2 is 1.44 bits per heavy atom. The number of hydrogen-bond acceptors (Lipinski definition) is 4. The normalized spacial score (nSPS) is 11.1. The average molecular weight is 486 g/mol. The van der Waals surface area contributed by atoms with Gasteiger partial charge >= 0.3 is 5.69 Å². The summed E-state index contributed by atoms with van der Waals surface area (Å²) in [5, 5.41) is 3.35. The van der Waals surface area contributed by atoms with E-state index in [1.807, 2.05) is 24.3 Å². The van der Waals surface area contributed by atoms with Crippen LogP contribution >= 0.6 is 0 Å². The summed E-state index contributed by atoms with van der Waals surface area (Å²) in [4.78, 5) is 39.1. The minimum Gasteiger partial charge on any atom is -0.385 e. The summed E-state index contributed by atoms with van der Waals surface area (Å²) < 4.78 is 7.91. The number of aromatic nitrogens is 2. The van der Waals surface area contributed by atoms with Crippen molar-refractivity contribution in [2.45, 2.75) is 32.9 Å². The number of fused-ring (bicyclic) bond motifs is 1. The van der Waals surface area contributed by atoms with Crippen molar-refractivity contribution in [2.75, 3.05) is 20.3 Å². The number of ether oxygens (including phenoxy) is 1. The van der Waals surface area contributed by atoms with Gasteiger partial charge < -0.3 is 10.1 Å². The van der Waals surface area contributed by atoms with Gasteiger partial charge in [0.15, 0.2) is 0 Å². The lowest BCUT2D eigenvalue weighted by atomic mass is 10.1. The number of carbonyl (C=O) groups excluding carboxylic acids is 1. The molecule has 0 aliphatic rings. The first-order valence-corrected chi connectivity index (χ1v) is 12.2. The summed E-state index contributed by atoms with van der Waals surface area (Å²) in [6.45, 7) is 3.70. The summed E-state index contributed by atoms with van der Waals surface area (Å²) in [7, 11) is 1.62. The zero-order chi connectivity index (χ0) is 25.5. The second-order valence-corrected chi connectivity index (χ2v) is 8.75. The van der Waals surface area contributed by atoms with E-state index in [1.54, 1.807) is 48.1 Å². The fraction of sp³-hybridized carbons (Fsp3) is 0.276. The van der Waals surface area contributed by atoms with E-state index in [-0.39, 0.29) is 23.7 Å². The van der Waals surface area contributed by atoms with Crippen molar-refractivity contribution in [1.82, 2.24) is 14.5 Å². The van der Waals surface area contributed by atoms with Crippen LogP contribution in [0.2, 0.25) is 0 Å². The van der Waals surface area contributed by atoms with Crippen LogP contribution in [0.3, 0.4) is 0 Å². The van der Waals surface area contributed by atoms with Crippen LogP contribution in [0.25, 0.3) is 10.9 Å². The molecule has 1 heterocycles. The van der Waals surface area contributed by atoms with Gasteiger partial charge in [-0.25, -0.2) is 4.79 Å². The molecule has 0 bridgehead atoms. The molecule has 0 unspecified atom stereocenters. The lowest BCUT2D eigenvalue weighted by Crippen LogP contribution is -2.40. The second-order valence-electron chi connectivity index (χ2n) is 8.75. The Morgan fingerprint density at radius 3 is 2.11 bits per heavy atom. The van der Waals surface area contributed by atoms with E-state index in [0.717, 1.165) is 24.0 Å². The van der Waals surface area contributed by atoms with E-state index in [0.29, 0.717) is 36.2 Å². The monoisotopic (exact) mass is 485 g/mol. The minimum absolute atomic E-state index is 0.118. The SMILES string of the molecule is CCc1ccc(Cn2c(=O)n(Cc3ccc(C(=O)NCCCOC)cc3)c(=O)c3ccccc32)cc1. The predicted octanol–water partition coefficient (Wildman–Crippen LogP) is 3.59. The van der Waals surface area contributed by atoms with Gasteiger partial charge in [-0.15, -0.1) is 0 Å². The van der Waals surface area contributed by atoms with Crippen LogP contribution in [0.4, 0.5) is 0 Å². The minimum atomic E-state index is -0.363. The quantitative estimate of drug-likeness (QED) is 0.348. The molecule has 4 rings (SSSR count). The van der Waals surface area contributed by atoms with Crippen molar-refractivity contribution in [3.8, 4) is 0 Å². The molecule has 186 valence electrons. The molecule has 1 amide bonds. The van der Waals surface area contributed by atoms with Crippen LogP contribution in [0.1, 0.15) is 40.4 Å². The molecule has 1 aromatic heterocycles. The molecular formula is C29H31N3O4. The van der Waals surface area contributed by atoms with Crippen LogP contribution in [0.15, 0.2) is 82.4 Å². The molecule has 0 fully saturated rings. The van der Waals surface area contributed by atoms with Crippen molar-refractivity contribution in [3.05, 3.63) is 116 Å². The highest BCUT2D eigenvalue weighted by Crippen LogP contribution is 2.13. The lowest BCUT2D eigenvalue weighted by Gasteiger charge is -2.15. The molecule has 0 spiro atoms. The van der Waals surface area contributed by atoms with Gasteiger partial charge in [0.05, 0.1) is 24.0 Å². The highest BCUT2D eigenvalue weighted by molar-refractivity contribution is 5.94. The van der Waals surface area contributed by atoms with Crippen LogP contribution in [0, 0.1) is 0 Å². The molecule has 4 aromatic rings. The summed E-state index contributed by atoms with van der Waals surface area (Å²) >= 11 is 0. The lowest BCUT2D eigenvalue weighted by molar-refractivity contribution is 0.0948. The Labute approximate surface area is 210 Å². The number of benzene rings is 3. The summed E-state index contributed by atoms with van der Waals surface area (Å²) in [6.07, 6.45) is 1.68. The van der Waals surface area contributed by atoms with Crippen LogP contribution < -0.4 is 16.6 Å². The molecule has 7 nitrogen and oxygen atoms in total. The smallest absolute Gasteiger partial charge is 0.332 e. The van der Waals surface area contributed by atoms with Crippen LogP contribution in [0.5, 0.6) is 0 Å². The van der Waals surface area contributed by atoms with Gasteiger partial charge in [0.2, 0.25) is 0 Å². The highest BCUT2D eigenvalue weighted by atomic mass is 16.5. The fourth-order valence-electron chi connectivity index (χ4n) is 4.19. The maximum Gasteiger partial charge on any atom is 0.332 e. The summed E-state index contributed by atoms with van der Waals surface area (Å²) in [5.74, 6) is -0.169. The third-order valence-electron chi connectivity index (χ3n) is 6.27. The Hall–Kier alpha value is -3.97. The highest BCUT2D eigenvalue weighted by Gasteiger charge is 2.14. The van der Waals surface area contributed by atoms with E-state index in [1.165, 1.54) is 10.1 Å². The molecule has 1 N–H and O–H groups in total. The molecule has 0 saturated carbocycles. The predicted molar refractivity (Wildman–Crippen MR) is 142 cm³/mol. The molecule has 3 aromatic carbocycles. The average Bonchev–Trinajstić information content (AvgIpc) is 2.92. The number of carbonyl (C=O) groups is 1. The number of nitrogens with zero attached hydrogens (tertiary/aromatic N) is 2. The van der Waals surface area contributed by atoms with Gasteiger partial charge in [-0.1, -0.05) is 55.5 Å². The topological polar surface area (TPSA) is 82.3 Å². The van der Waals surface area contributed by atoms with Gasteiger partial charge in [-0.05, 0) is 53.8 Å². The third kappa shape index (κ3) is 5.63. The molecule has 0 saturated heterocycles. The van der Waals surface area contributed by atoms with Crippen molar-refractivity contribution in [1.29, 1.82) is 0 Å². The van der Waals surface area contributed by atoms with E-state index < -0.39 is 0 Å². The Kier molecular flexibility index (Phi) is 8.13. The maximum atomic E-state index is 13.5. The van der Waals surface area contributed by atoms with Gasteiger partial charge in [0, 0.05) is 25.8 Å².